The zero-order chi connectivity index (χ0) is 19.9. The van der Waals surface area contributed by atoms with Gasteiger partial charge in [-0.05, 0) is 30.5 Å². The van der Waals surface area contributed by atoms with Crippen LogP contribution in [0.15, 0.2) is 18.2 Å². The van der Waals surface area contributed by atoms with Crippen LogP contribution < -0.4 is 5.32 Å². The molecule has 1 aromatic heterocycles. The van der Waals surface area contributed by atoms with Crippen LogP contribution in [0.3, 0.4) is 0 Å². The van der Waals surface area contributed by atoms with E-state index in [4.69, 9.17) is 0 Å². The molecule has 1 saturated heterocycles. The molecule has 1 aromatic carbocycles. The first-order chi connectivity index (χ1) is 13.3. The standard InChI is InChI=1S/C20H25F2N5O/c1-13(2)19-23-17-10-20(24-18(28)12-27(17)25-19)3-5-26(6-4-20)11-14-7-15(21)9-16(22)8-14/h7-9,13H,3-6,10-12H2,1-2H3,(H,24,28). The van der Waals surface area contributed by atoms with Crippen molar-refractivity contribution in [1.29, 1.82) is 0 Å². The van der Waals surface area contributed by atoms with Gasteiger partial charge in [-0.15, -0.1) is 0 Å². The van der Waals surface area contributed by atoms with Crippen molar-refractivity contribution < 1.29 is 13.6 Å². The summed E-state index contributed by atoms with van der Waals surface area (Å²) in [7, 11) is 0. The van der Waals surface area contributed by atoms with Gasteiger partial charge in [0.1, 0.15) is 24.0 Å². The van der Waals surface area contributed by atoms with Crippen molar-refractivity contribution in [2.24, 2.45) is 0 Å². The number of likely N-dealkylation sites (tertiary alicyclic amines) is 1. The summed E-state index contributed by atoms with van der Waals surface area (Å²) < 4.78 is 28.6. The molecule has 150 valence electrons. The highest BCUT2D eigenvalue weighted by Gasteiger charge is 2.39. The van der Waals surface area contributed by atoms with Crippen LogP contribution in [0.5, 0.6) is 0 Å². The molecule has 6 nitrogen and oxygen atoms in total. The van der Waals surface area contributed by atoms with E-state index in [-0.39, 0.29) is 23.9 Å². The third-order valence-corrected chi connectivity index (χ3v) is 5.62. The molecule has 2 aliphatic rings. The molecule has 1 spiro atoms. The first-order valence-electron chi connectivity index (χ1n) is 9.74. The molecule has 0 unspecified atom stereocenters. The molecule has 1 fully saturated rings. The summed E-state index contributed by atoms with van der Waals surface area (Å²) in [5, 5.41) is 7.68. The number of hydrogen-bond donors (Lipinski definition) is 1. The molecule has 0 aliphatic carbocycles. The van der Waals surface area contributed by atoms with Crippen LogP contribution in [0.4, 0.5) is 8.78 Å². The lowest BCUT2D eigenvalue weighted by Crippen LogP contribution is -2.56. The van der Waals surface area contributed by atoms with E-state index in [0.29, 0.717) is 18.5 Å². The quantitative estimate of drug-likeness (QED) is 0.876. The summed E-state index contributed by atoms with van der Waals surface area (Å²) in [5.41, 5.74) is 0.288. The first kappa shape index (κ1) is 19.0. The molecule has 4 rings (SSSR count). The predicted molar refractivity (Wildman–Crippen MR) is 99.6 cm³/mol. The zero-order valence-electron chi connectivity index (χ0n) is 16.2. The summed E-state index contributed by atoms with van der Waals surface area (Å²) >= 11 is 0. The normalized spacial score (nSPS) is 19.5. The van der Waals surface area contributed by atoms with Crippen molar-refractivity contribution >= 4 is 5.91 Å². The Bertz CT molecular complexity index is 866. The second kappa shape index (κ2) is 7.24. The van der Waals surface area contributed by atoms with Crippen LogP contribution in [0.1, 0.15) is 49.8 Å². The molecule has 28 heavy (non-hydrogen) atoms. The van der Waals surface area contributed by atoms with Crippen molar-refractivity contribution in [2.45, 2.75) is 57.7 Å². The number of hydrogen-bond acceptors (Lipinski definition) is 4. The highest BCUT2D eigenvalue weighted by Crippen LogP contribution is 2.29. The molecule has 3 heterocycles. The Morgan fingerprint density at radius 1 is 1.18 bits per heavy atom. The predicted octanol–water partition coefficient (Wildman–Crippen LogP) is 2.39. The van der Waals surface area contributed by atoms with E-state index in [9.17, 15) is 13.6 Å². The van der Waals surface area contributed by atoms with Crippen molar-refractivity contribution in [3.05, 3.63) is 47.0 Å². The van der Waals surface area contributed by atoms with Gasteiger partial charge in [-0.2, -0.15) is 5.10 Å². The van der Waals surface area contributed by atoms with E-state index in [1.807, 2.05) is 13.8 Å². The molecule has 1 N–H and O–H groups in total. The van der Waals surface area contributed by atoms with Crippen LogP contribution in [0.2, 0.25) is 0 Å². The summed E-state index contributed by atoms with van der Waals surface area (Å²) in [6.45, 7) is 6.25. The lowest BCUT2D eigenvalue weighted by atomic mass is 9.84. The van der Waals surface area contributed by atoms with Gasteiger partial charge in [0.25, 0.3) is 0 Å². The molecule has 2 aromatic rings. The molecular weight excluding hydrogens is 364 g/mol. The number of carbonyl (C=O) groups excluding carboxylic acids is 1. The van der Waals surface area contributed by atoms with Gasteiger partial charge in [-0.1, -0.05) is 13.8 Å². The topological polar surface area (TPSA) is 63.1 Å². The largest absolute Gasteiger partial charge is 0.349 e. The minimum Gasteiger partial charge on any atom is -0.349 e. The maximum Gasteiger partial charge on any atom is 0.242 e. The molecule has 0 bridgehead atoms. The Labute approximate surface area is 162 Å². The third kappa shape index (κ3) is 3.92. The van der Waals surface area contributed by atoms with Crippen LogP contribution in [-0.4, -0.2) is 44.2 Å². The van der Waals surface area contributed by atoms with Crippen LogP contribution in [0.25, 0.3) is 0 Å². The van der Waals surface area contributed by atoms with Crippen molar-refractivity contribution in [3.8, 4) is 0 Å². The molecule has 1 amide bonds. The molecule has 0 radical (unpaired) electrons. The van der Waals surface area contributed by atoms with Gasteiger partial charge in [0.2, 0.25) is 5.91 Å². The van der Waals surface area contributed by atoms with Crippen molar-refractivity contribution in [3.63, 3.8) is 0 Å². The van der Waals surface area contributed by atoms with Crippen molar-refractivity contribution in [1.82, 2.24) is 25.0 Å². The van der Waals surface area contributed by atoms with Crippen LogP contribution in [-0.2, 0) is 24.3 Å². The number of fused-ring (bicyclic) bond motifs is 1. The summed E-state index contributed by atoms with van der Waals surface area (Å²) in [4.78, 5) is 19.3. The first-order valence-corrected chi connectivity index (χ1v) is 9.74. The van der Waals surface area contributed by atoms with E-state index in [2.05, 4.69) is 20.3 Å². The zero-order valence-corrected chi connectivity index (χ0v) is 16.2. The minimum atomic E-state index is -0.556. The van der Waals surface area contributed by atoms with Crippen LogP contribution >= 0.6 is 0 Å². The Morgan fingerprint density at radius 2 is 1.86 bits per heavy atom. The van der Waals surface area contributed by atoms with E-state index >= 15 is 0 Å². The van der Waals surface area contributed by atoms with Crippen LogP contribution in [0, 0.1) is 11.6 Å². The number of piperidine rings is 1. The van der Waals surface area contributed by atoms with Gasteiger partial charge in [-0.25, -0.2) is 18.4 Å². The Balaban J connectivity index is 1.47. The molecule has 0 saturated carbocycles. The summed E-state index contributed by atoms with van der Waals surface area (Å²) in [6.07, 6.45) is 2.18. The number of aromatic nitrogens is 3. The van der Waals surface area contributed by atoms with Gasteiger partial charge in [0.15, 0.2) is 5.82 Å². The molecule has 2 aliphatic heterocycles. The fraction of sp³-hybridized carbons (Fsp3) is 0.550. The maximum atomic E-state index is 13.4. The number of nitrogens with zero attached hydrogens (tertiary/aromatic N) is 4. The number of carbonyl (C=O) groups is 1. The Kier molecular flexibility index (Phi) is 4.91. The Hall–Kier alpha value is -2.35. The SMILES string of the molecule is CC(C)c1nc2n(n1)CC(=O)NC1(CCN(Cc3cc(F)cc(F)c3)CC1)C2. The second-order valence-electron chi connectivity index (χ2n) is 8.26. The van der Waals surface area contributed by atoms with E-state index in [1.54, 1.807) is 4.68 Å². The van der Waals surface area contributed by atoms with Gasteiger partial charge >= 0.3 is 0 Å². The molecule has 8 heteroatoms. The monoisotopic (exact) mass is 389 g/mol. The van der Waals surface area contributed by atoms with E-state index in [1.165, 1.54) is 12.1 Å². The number of halogens is 2. The fourth-order valence-electron chi connectivity index (χ4n) is 4.12. The fourth-order valence-corrected chi connectivity index (χ4v) is 4.12. The number of rotatable bonds is 3. The van der Waals surface area contributed by atoms with Gasteiger partial charge in [0, 0.05) is 43.6 Å². The Morgan fingerprint density at radius 3 is 2.50 bits per heavy atom. The van der Waals surface area contributed by atoms with Gasteiger partial charge < -0.3 is 5.32 Å². The molecular formula is C20H25F2N5O. The summed E-state index contributed by atoms with van der Waals surface area (Å²) in [6, 6.07) is 3.63. The number of benzene rings is 1. The summed E-state index contributed by atoms with van der Waals surface area (Å²) in [5.74, 6) is 0.680. The highest BCUT2D eigenvalue weighted by atomic mass is 19.1. The maximum absolute atomic E-state index is 13.4. The number of nitrogens with one attached hydrogen (secondary N) is 1. The lowest BCUT2D eigenvalue weighted by Gasteiger charge is -2.41. The average molecular weight is 389 g/mol. The third-order valence-electron chi connectivity index (χ3n) is 5.62. The number of amides is 1. The van der Waals surface area contributed by atoms with Crippen molar-refractivity contribution in [2.75, 3.05) is 13.1 Å². The smallest absolute Gasteiger partial charge is 0.242 e. The van der Waals surface area contributed by atoms with Gasteiger partial charge in [0.05, 0.1) is 0 Å². The lowest BCUT2D eigenvalue weighted by molar-refractivity contribution is -0.123. The van der Waals surface area contributed by atoms with E-state index < -0.39 is 11.6 Å². The average Bonchev–Trinajstić information content (AvgIpc) is 2.93. The van der Waals surface area contributed by atoms with E-state index in [0.717, 1.165) is 43.6 Å². The van der Waals surface area contributed by atoms with Gasteiger partial charge in [-0.3, -0.25) is 9.69 Å². The molecule has 0 atom stereocenters. The highest BCUT2D eigenvalue weighted by molar-refractivity contribution is 5.77. The minimum absolute atomic E-state index is 0.0420. The second-order valence-corrected chi connectivity index (χ2v) is 8.26.